The molecule has 0 saturated heterocycles. The minimum absolute atomic E-state index is 0.0245. The highest BCUT2D eigenvalue weighted by atomic mass is 79.9. The van der Waals surface area contributed by atoms with Gasteiger partial charge in [0.15, 0.2) is 5.78 Å². The van der Waals surface area contributed by atoms with Crippen molar-refractivity contribution >= 4 is 83.3 Å². The van der Waals surface area contributed by atoms with E-state index in [1.54, 1.807) is 26.0 Å². The second-order valence-corrected chi connectivity index (χ2v) is 8.84. The maximum Gasteiger partial charge on any atom is 0.203 e. The minimum atomic E-state index is -0.453. The molecule has 27 heavy (non-hydrogen) atoms. The minimum Gasteiger partial charge on any atom is -0.340 e. The molecule has 8 heteroatoms. The quantitative estimate of drug-likeness (QED) is 0.358. The second-order valence-electron chi connectivity index (χ2n) is 6.25. The third kappa shape index (κ3) is 3.94. The number of aromatic amines is 1. The van der Waals surface area contributed by atoms with Crippen molar-refractivity contribution in [2.45, 2.75) is 13.8 Å². The number of H-pyrrole nitrogens is 1. The van der Waals surface area contributed by atoms with Gasteiger partial charge in [-0.3, -0.25) is 9.59 Å². The Kier molecular flexibility index (Phi) is 6.01. The number of halogens is 4. The summed E-state index contributed by atoms with van der Waals surface area (Å²) in [4.78, 5) is 29.0. The van der Waals surface area contributed by atoms with E-state index in [1.807, 2.05) is 18.2 Å². The Labute approximate surface area is 182 Å². The SMILES string of the molecule is CC(C)C(=O)c1c(Nc2ccc(Br)cc2Br)[nH]c2c(Cl)ccc(Cl)c2c1=O. The smallest absolute Gasteiger partial charge is 0.203 e. The predicted octanol–water partition coefficient (Wildman–Crippen LogP) is 6.94. The Bertz CT molecular complexity index is 1130. The number of fused-ring (bicyclic) bond motifs is 1. The highest BCUT2D eigenvalue weighted by molar-refractivity contribution is 9.11. The molecule has 140 valence electrons. The Balaban J connectivity index is 2.32. The third-order valence-corrected chi connectivity index (χ3v) is 5.80. The molecule has 1 aromatic heterocycles. The number of hydrogen-bond donors (Lipinski definition) is 2. The van der Waals surface area contributed by atoms with Crippen molar-refractivity contribution in [3.8, 4) is 0 Å². The zero-order valence-electron chi connectivity index (χ0n) is 14.3. The average Bonchev–Trinajstić information content (AvgIpc) is 2.60. The van der Waals surface area contributed by atoms with Crippen LogP contribution >= 0.6 is 55.1 Å². The summed E-state index contributed by atoms with van der Waals surface area (Å²) in [7, 11) is 0. The summed E-state index contributed by atoms with van der Waals surface area (Å²) in [6.45, 7) is 3.48. The fraction of sp³-hybridized carbons (Fsp3) is 0.158. The molecule has 0 aliphatic heterocycles. The van der Waals surface area contributed by atoms with Crippen molar-refractivity contribution in [1.82, 2.24) is 4.98 Å². The lowest BCUT2D eigenvalue weighted by atomic mass is 9.99. The molecule has 0 atom stereocenters. The summed E-state index contributed by atoms with van der Waals surface area (Å²) in [5, 5.41) is 3.92. The van der Waals surface area contributed by atoms with Crippen LogP contribution in [0.5, 0.6) is 0 Å². The van der Waals surface area contributed by atoms with E-state index in [2.05, 4.69) is 42.2 Å². The molecule has 3 aromatic rings. The van der Waals surface area contributed by atoms with Gasteiger partial charge in [-0.05, 0) is 46.3 Å². The Morgan fingerprint density at radius 3 is 2.41 bits per heavy atom. The predicted molar refractivity (Wildman–Crippen MR) is 119 cm³/mol. The Morgan fingerprint density at radius 1 is 1.11 bits per heavy atom. The Morgan fingerprint density at radius 2 is 1.78 bits per heavy atom. The lowest BCUT2D eigenvalue weighted by Gasteiger charge is -2.16. The fourth-order valence-electron chi connectivity index (χ4n) is 2.67. The van der Waals surface area contributed by atoms with Gasteiger partial charge in [-0.2, -0.15) is 0 Å². The molecule has 0 bridgehead atoms. The number of hydrogen-bond acceptors (Lipinski definition) is 3. The first-order valence-corrected chi connectivity index (χ1v) is 10.3. The normalized spacial score (nSPS) is 11.2. The first-order chi connectivity index (χ1) is 12.7. The molecule has 1 heterocycles. The van der Waals surface area contributed by atoms with Gasteiger partial charge >= 0.3 is 0 Å². The number of carbonyl (C=O) groups is 1. The molecule has 4 nitrogen and oxygen atoms in total. The van der Waals surface area contributed by atoms with Crippen molar-refractivity contribution in [1.29, 1.82) is 0 Å². The van der Waals surface area contributed by atoms with Crippen LogP contribution < -0.4 is 10.7 Å². The molecule has 2 aromatic carbocycles. The van der Waals surface area contributed by atoms with Crippen molar-refractivity contribution in [2.24, 2.45) is 5.92 Å². The maximum atomic E-state index is 13.2. The number of ketones is 1. The molecule has 0 saturated carbocycles. The monoisotopic (exact) mass is 530 g/mol. The van der Waals surface area contributed by atoms with Crippen molar-refractivity contribution < 1.29 is 4.79 Å². The average molecular weight is 533 g/mol. The first-order valence-electron chi connectivity index (χ1n) is 8.01. The van der Waals surface area contributed by atoms with Gasteiger partial charge in [0.2, 0.25) is 5.43 Å². The van der Waals surface area contributed by atoms with Crippen LogP contribution in [0.2, 0.25) is 10.0 Å². The van der Waals surface area contributed by atoms with Crippen LogP contribution in [0.4, 0.5) is 11.5 Å². The van der Waals surface area contributed by atoms with Crippen LogP contribution in [0.1, 0.15) is 24.2 Å². The molecule has 0 fully saturated rings. The number of nitrogens with one attached hydrogen (secondary N) is 2. The van der Waals surface area contributed by atoms with Crippen molar-refractivity contribution in [2.75, 3.05) is 5.32 Å². The van der Waals surface area contributed by atoms with Gasteiger partial charge in [0.05, 0.1) is 26.6 Å². The van der Waals surface area contributed by atoms with Crippen LogP contribution in [0, 0.1) is 5.92 Å². The molecule has 0 unspecified atom stereocenters. The Hall–Kier alpha value is -1.34. The number of rotatable bonds is 4. The standard InChI is InChI=1S/C19H14Br2Cl2N2O2/c1-8(2)17(26)15-18(27)14-11(22)4-5-12(23)16(14)25-19(15)24-13-6-3-9(20)7-10(13)21/h3-8H,1-2H3,(H2,24,25,27). The van der Waals surface area contributed by atoms with E-state index in [0.29, 0.717) is 16.2 Å². The van der Waals surface area contributed by atoms with Crippen molar-refractivity contribution in [3.05, 3.63) is 65.1 Å². The summed E-state index contributed by atoms with van der Waals surface area (Å²) in [5.41, 5.74) is 0.636. The van der Waals surface area contributed by atoms with Crippen LogP contribution in [0.25, 0.3) is 10.9 Å². The van der Waals surface area contributed by atoms with Crippen molar-refractivity contribution in [3.63, 3.8) is 0 Å². The number of benzene rings is 2. The van der Waals surface area contributed by atoms with Gasteiger partial charge in [0.25, 0.3) is 0 Å². The van der Waals surface area contributed by atoms with Gasteiger partial charge in [-0.15, -0.1) is 0 Å². The van der Waals surface area contributed by atoms with Crippen LogP contribution in [0.3, 0.4) is 0 Å². The van der Waals surface area contributed by atoms with Crippen LogP contribution in [-0.4, -0.2) is 10.8 Å². The molecule has 0 spiro atoms. The number of anilines is 2. The van der Waals surface area contributed by atoms with Gasteiger partial charge in [-0.1, -0.05) is 53.0 Å². The number of Topliss-reactive ketones (excluding diaryl/α,β-unsaturated/α-hetero) is 1. The highest BCUT2D eigenvalue weighted by Crippen LogP contribution is 2.33. The first kappa shape index (κ1) is 20.4. The van der Waals surface area contributed by atoms with Gasteiger partial charge in [-0.25, -0.2) is 0 Å². The van der Waals surface area contributed by atoms with Crippen LogP contribution in [-0.2, 0) is 0 Å². The summed E-state index contributed by atoms with van der Waals surface area (Å²) >= 11 is 19.4. The second kappa shape index (κ2) is 7.95. The number of carbonyl (C=O) groups excluding carboxylic acids is 1. The van der Waals surface area contributed by atoms with E-state index in [1.165, 1.54) is 0 Å². The van der Waals surface area contributed by atoms with E-state index in [9.17, 15) is 9.59 Å². The van der Waals surface area contributed by atoms with Gasteiger partial charge in [0.1, 0.15) is 11.4 Å². The topological polar surface area (TPSA) is 62.0 Å². The third-order valence-electron chi connectivity index (χ3n) is 4.02. The zero-order chi connectivity index (χ0) is 19.9. The lowest BCUT2D eigenvalue weighted by molar-refractivity contribution is 0.0939. The van der Waals surface area contributed by atoms with Gasteiger partial charge < -0.3 is 10.3 Å². The molecule has 2 N–H and O–H groups in total. The van der Waals surface area contributed by atoms with Crippen LogP contribution in [0.15, 0.2) is 44.1 Å². The maximum absolute atomic E-state index is 13.2. The molecular formula is C19H14Br2Cl2N2O2. The molecule has 0 amide bonds. The summed E-state index contributed by atoms with van der Waals surface area (Å²) < 4.78 is 1.65. The molecule has 0 aliphatic carbocycles. The summed E-state index contributed by atoms with van der Waals surface area (Å²) in [6.07, 6.45) is 0. The van der Waals surface area contributed by atoms with Gasteiger partial charge in [0, 0.05) is 14.9 Å². The number of pyridine rings is 1. The number of aromatic nitrogens is 1. The highest BCUT2D eigenvalue weighted by Gasteiger charge is 2.24. The van der Waals surface area contributed by atoms with E-state index >= 15 is 0 Å². The van der Waals surface area contributed by atoms with E-state index in [-0.39, 0.29) is 33.5 Å². The molecule has 0 radical (unpaired) electrons. The molecule has 0 aliphatic rings. The van der Waals surface area contributed by atoms with E-state index in [0.717, 1.165) is 8.95 Å². The van der Waals surface area contributed by atoms with E-state index in [4.69, 9.17) is 23.2 Å². The molecule has 3 rings (SSSR count). The lowest BCUT2D eigenvalue weighted by Crippen LogP contribution is -2.23. The fourth-order valence-corrected chi connectivity index (χ4v) is 4.26. The zero-order valence-corrected chi connectivity index (χ0v) is 19.0. The van der Waals surface area contributed by atoms with E-state index < -0.39 is 5.43 Å². The summed E-state index contributed by atoms with van der Waals surface area (Å²) in [5.74, 6) is -0.376. The molecular weight excluding hydrogens is 519 g/mol. The largest absolute Gasteiger partial charge is 0.340 e. The summed E-state index contributed by atoms with van der Waals surface area (Å²) in [6, 6.07) is 8.67.